The van der Waals surface area contributed by atoms with Crippen LogP contribution < -0.4 is 5.32 Å². The van der Waals surface area contributed by atoms with E-state index in [0.717, 1.165) is 5.56 Å². The third-order valence-corrected chi connectivity index (χ3v) is 5.30. The van der Waals surface area contributed by atoms with Gasteiger partial charge in [0, 0.05) is 39.4 Å². The summed E-state index contributed by atoms with van der Waals surface area (Å²) in [6.07, 6.45) is 0.555. The standard InChI is InChI=1S/C14H18N2O4S/c1-11(17)15-10-12-2-4-14(5-3-12)21(19,20)16-8-6-13(18)7-9-16/h2-5H,6-10H2,1H3,(H,15,17). The lowest BCUT2D eigenvalue weighted by Gasteiger charge is -2.25. The van der Waals surface area contributed by atoms with Crippen molar-refractivity contribution in [3.63, 3.8) is 0 Å². The Kier molecular flexibility index (Phi) is 4.74. The topological polar surface area (TPSA) is 83.6 Å². The van der Waals surface area contributed by atoms with Crippen LogP contribution in [0.1, 0.15) is 25.3 Å². The summed E-state index contributed by atoms with van der Waals surface area (Å²) in [6.45, 7) is 2.29. The maximum atomic E-state index is 12.4. The van der Waals surface area contributed by atoms with E-state index in [9.17, 15) is 18.0 Å². The lowest BCUT2D eigenvalue weighted by molar-refractivity contribution is -0.121. The molecule has 1 aliphatic rings. The summed E-state index contributed by atoms with van der Waals surface area (Å²) >= 11 is 0. The predicted molar refractivity (Wildman–Crippen MR) is 77.0 cm³/mol. The molecule has 2 rings (SSSR count). The van der Waals surface area contributed by atoms with Crippen LogP contribution in [0, 0.1) is 0 Å². The molecule has 1 aromatic rings. The molecule has 0 radical (unpaired) electrons. The highest BCUT2D eigenvalue weighted by Gasteiger charge is 2.28. The van der Waals surface area contributed by atoms with Crippen molar-refractivity contribution in [3.05, 3.63) is 29.8 Å². The zero-order valence-electron chi connectivity index (χ0n) is 11.8. The van der Waals surface area contributed by atoms with Crippen molar-refractivity contribution >= 4 is 21.7 Å². The second kappa shape index (κ2) is 6.36. The van der Waals surface area contributed by atoms with Crippen molar-refractivity contribution < 1.29 is 18.0 Å². The number of sulfonamides is 1. The molecule has 1 aliphatic heterocycles. The number of nitrogens with zero attached hydrogens (tertiary/aromatic N) is 1. The van der Waals surface area contributed by atoms with Crippen LogP contribution >= 0.6 is 0 Å². The minimum Gasteiger partial charge on any atom is -0.352 e. The van der Waals surface area contributed by atoms with Crippen molar-refractivity contribution in [2.75, 3.05) is 13.1 Å². The Bertz CT molecular complexity index is 627. The molecule has 1 aromatic carbocycles. The van der Waals surface area contributed by atoms with Crippen molar-refractivity contribution in [1.82, 2.24) is 9.62 Å². The van der Waals surface area contributed by atoms with E-state index < -0.39 is 10.0 Å². The Balaban J connectivity index is 2.10. The molecule has 0 aliphatic carbocycles. The van der Waals surface area contributed by atoms with E-state index in [1.807, 2.05) is 0 Å². The normalized spacial score (nSPS) is 16.7. The van der Waals surface area contributed by atoms with Crippen LogP contribution in [0.25, 0.3) is 0 Å². The minimum atomic E-state index is -3.54. The molecule has 0 unspecified atom stereocenters. The van der Waals surface area contributed by atoms with Gasteiger partial charge in [-0.1, -0.05) is 12.1 Å². The number of benzene rings is 1. The number of amides is 1. The number of ketones is 1. The van der Waals surface area contributed by atoms with Crippen LogP contribution in [0.3, 0.4) is 0 Å². The molecule has 21 heavy (non-hydrogen) atoms. The largest absolute Gasteiger partial charge is 0.352 e. The van der Waals surface area contributed by atoms with Crippen LogP contribution in [-0.2, 0) is 26.2 Å². The number of hydrogen-bond donors (Lipinski definition) is 1. The number of carbonyl (C=O) groups is 2. The van der Waals surface area contributed by atoms with Gasteiger partial charge in [-0.25, -0.2) is 8.42 Å². The predicted octanol–water partition coefficient (Wildman–Crippen LogP) is 0.676. The van der Waals surface area contributed by atoms with Gasteiger partial charge in [0.1, 0.15) is 5.78 Å². The number of piperidine rings is 1. The number of nitrogens with one attached hydrogen (secondary N) is 1. The summed E-state index contributed by atoms with van der Waals surface area (Å²) < 4.78 is 26.2. The van der Waals surface area contributed by atoms with Gasteiger partial charge >= 0.3 is 0 Å². The molecule has 1 fully saturated rings. The monoisotopic (exact) mass is 310 g/mol. The summed E-state index contributed by atoms with van der Waals surface area (Å²) in [5, 5.41) is 2.65. The summed E-state index contributed by atoms with van der Waals surface area (Å²) in [6, 6.07) is 6.42. The fraction of sp³-hybridized carbons (Fsp3) is 0.429. The summed E-state index contributed by atoms with van der Waals surface area (Å²) in [4.78, 5) is 22.2. The Labute approximate surface area is 124 Å². The Morgan fingerprint density at radius 1 is 1.19 bits per heavy atom. The molecule has 0 aromatic heterocycles. The lowest BCUT2D eigenvalue weighted by atomic mass is 10.1. The first-order chi connectivity index (χ1) is 9.89. The summed E-state index contributed by atoms with van der Waals surface area (Å²) in [7, 11) is -3.54. The summed E-state index contributed by atoms with van der Waals surface area (Å²) in [5.74, 6) is -0.0308. The van der Waals surface area contributed by atoms with E-state index in [1.54, 1.807) is 12.1 Å². The molecule has 1 N–H and O–H groups in total. The van der Waals surface area contributed by atoms with Gasteiger partial charge in [0.2, 0.25) is 15.9 Å². The maximum Gasteiger partial charge on any atom is 0.243 e. The molecule has 0 saturated carbocycles. The first-order valence-electron chi connectivity index (χ1n) is 6.75. The van der Waals surface area contributed by atoms with Crippen LogP contribution in [0.5, 0.6) is 0 Å². The van der Waals surface area contributed by atoms with E-state index in [1.165, 1.54) is 23.4 Å². The maximum absolute atomic E-state index is 12.4. The van der Waals surface area contributed by atoms with E-state index in [4.69, 9.17) is 0 Å². The van der Waals surface area contributed by atoms with Gasteiger partial charge in [0.25, 0.3) is 0 Å². The van der Waals surface area contributed by atoms with Crippen LogP contribution in [0.4, 0.5) is 0 Å². The summed E-state index contributed by atoms with van der Waals surface area (Å²) in [5.41, 5.74) is 0.831. The third kappa shape index (κ3) is 3.89. The molecular formula is C14H18N2O4S. The molecule has 1 saturated heterocycles. The van der Waals surface area contributed by atoms with E-state index in [0.29, 0.717) is 6.54 Å². The zero-order chi connectivity index (χ0) is 15.5. The van der Waals surface area contributed by atoms with Gasteiger partial charge in [0.15, 0.2) is 0 Å². The number of Topliss-reactive ketones (excluding diaryl/α,β-unsaturated/α-hetero) is 1. The fourth-order valence-electron chi connectivity index (χ4n) is 2.13. The quantitative estimate of drug-likeness (QED) is 0.886. The average Bonchev–Trinajstić information content (AvgIpc) is 2.46. The van der Waals surface area contributed by atoms with Gasteiger partial charge in [-0.2, -0.15) is 4.31 Å². The second-order valence-corrected chi connectivity index (χ2v) is 6.93. The average molecular weight is 310 g/mol. The molecule has 0 atom stereocenters. The zero-order valence-corrected chi connectivity index (χ0v) is 12.6. The molecule has 1 heterocycles. The van der Waals surface area contributed by atoms with Crippen LogP contribution in [0.15, 0.2) is 29.2 Å². The van der Waals surface area contributed by atoms with E-state index >= 15 is 0 Å². The van der Waals surface area contributed by atoms with Crippen molar-refractivity contribution in [2.45, 2.75) is 31.2 Å². The first-order valence-corrected chi connectivity index (χ1v) is 8.19. The van der Waals surface area contributed by atoms with Gasteiger partial charge in [-0.05, 0) is 17.7 Å². The van der Waals surface area contributed by atoms with Crippen LogP contribution in [0.2, 0.25) is 0 Å². The Morgan fingerprint density at radius 3 is 2.29 bits per heavy atom. The molecule has 0 bridgehead atoms. The lowest BCUT2D eigenvalue weighted by Crippen LogP contribution is -2.38. The molecule has 0 spiro atoms. The number of carbonyl (C=O) groups excluding carboxylic acids is 2. The highest BCUT2D eigenvalue weighted by molar-refractivity contribution is 7.89. The highest BCUT2D eigenvalue weighted by atomic mass is 32.2. The number of hydrogen-bond acceptors (Lipinski definition) is 4. The van der Waals surface area contributed by atoms with Gasteiger partial charge in [0.05, 0.1) is 4.90 Å². The van der Waals surface area contributed by atoms with Crippen molar-refractivity contribution in [2.24, 2.45) is 0 Å². The van der Waals surface area contributed by atoms with E-state index in [2.05, 4.69) is 5.32 Å². The molecule has 1 amide bonds. The van der Waals surface area contributed by atoms with Gasteiger partial charge in [-0.15, -0.1) is 0 Å². The number of rotatable bonds is 4. The van der Waals surface area contributed by atoms with Crippen molar-refractivity contribution in [1.29, 1.82) is 0 Å². The molecular weight excluding hydrogens is 292 g/mol. The van der Waals surface area contributed by atoms with Crippen LogP contribution in [-0.4, -0.2) is 37.5 Å². The van der Waals surface area contributed by atoms with E-state index in [-0.39, 0.29) is 42.5 Å². The molecule has 114 valence electrons. The fourth-order valence-corrected chi connectivity index (χ4v) is 3.57. The molecule has 6 nitrogen and oxygen atoms in total. The van der Waals surface area contributed by atoms with Gasteiger partial charge < -0.3 is 5.32 Å². The highest BCUT2D eigenvalue weighted by Crippen LogP contribution is 2.19. The smallest absolute Gasteiger partial charge is 0.243 e. The Morgan fingerprint density at radius 2 is 1.76 bits per heavy atom. The molecule has 7 heteroatoms. The van der Waals surface area contributed by atoms with Crippen molar-refractivity contribution in [3.8, 4) is 0 Å². The third-order valence-electron chi connectivity index (χ3n) is 3.38. The first kappa shape index (κ1) is 15.7. The Hall–Kier alpha value is -1.73. The van der Waals surface area contributed by atoms with Gasteiger partial charge in [-0.3, -0.25) is 9.59 Å². The second-order valence-electron chi connectivity index (χ2n) is 5.00. The minimum absolute atomic E-state index is 0.104. The SMILES string of the molecule is CC(=O)NCc1ccc(S(=O)(=O)N2CCC(=O)CC2)cc1.